The monoisotopic (exact) mass is 212 g/mol. The van der Waals surface area contributed by atoms with Crippen molar-refractivity contribution in [2.75, 3.05) is 5.73 Å². The number of fused-ring (bicyclic) bond motifs is 1. The van der Waals surface area contributed by atoms with Gasteiger partial charge in [-0.25, -0.2) is 9.98 Å². The topological polar surface area (TPSA) is 64.2 Å². The maximum absolute atomic E-state index is 5.36. The number of rotatable bonds is 0. The molecule has 0 unspecified atom stereocenters. The SMILES string of the molecule is Nc1ncc2c(n1)N=C[C@@H]2Br. The van der Waals surface area contributed by atoms with Crippen LogP contribution < -0.4 is 5.73 Å². The summed E-state index contributed by atoms with van der Waals surface area (Å²) in [5.41, 5.74) is 6.34. The van der Waals surface area contributed by atoms with Gasteiger partial charge in [0.25, 0.3) is 0 Å². The number of nitrogens with two attached hydrogens (primary N) is 1. The number of hydrogen-bond acceptors (Lipinski definition) is 4. The van der Waals surface area contributed by atoms with Crippen molar-refractivity contribution in [3.8, 4) is 0 Å². The molecule has 2 heterocycles. The fourth-order valence-corrected chi connectivity index (χ4v) is 1.35. The molecular formula is C6H5BrN4. The Hall–Kier alpha value is -0.970. The minimum atomic E-state index is 0.137. The Morgan fingerprint density at radius 2 is 2.36 bits per heavy atom. The number of alkyl halides is 1. The van der Waals surface area contributed by atoms with E-state index in [1.807, 2.05) is 0 Å². The van der Waals surface area contributed by atoms with Gasteiger partial charge in [0.15, 0.2) is 5.82 Å². The summed E-state index contributed by atoms with van der Waals surface area (Å²) in [5.74, 6) is 0.932. The number of nitrogen functional groups attached to an aromatic ring is 1. The van der Waals surface area contributed by atoms with Gasteiger partial charge < -0.3 is 5.73 Å². The van der Waals surface area contributed by atoms with Gasteiger partial charge in [0.1, 0.15) is 0 Å². The highest BCUT2D eigenvalue weighted by atomic mass is 79.9. The number of halogens is 1. The molecule has 2 N–H and O–H groups in total. The summed E-state index contributed by atoms with van der Waals surface area (Å²) in [6, 6.07) is 0. The second-order valence-electron chi connectivity index (χ2n) is 2.19. The predicted octanol–water partition coefficient (Wildman–Crippen LogP) is 1.21. The molecule has 0 fully saturated rings. The van der Waals surface area contributed by atoms with Gasteiger partial charge in [0, 0.05) is 18.0 Å². The standard InChI is InChI=1S/C6H5BrN4/c7-4-2-9-5-3(4)1-10-6(8)11-5/h1-2,4H,(H2,8,10,11)/t4-/m0/s1. The molecule has 2 rings (SSSR count). The average molecular weight is 213 g/mol. The van der Waals surface area contributed by atoms with Gasteiger partial charge in [-0.15, -0.1) is 0 Å². The molecule has 56 valence electrons. The number of anilines is 1. The molecule has 1 aromatic rings. The molecule has 1 aliphatic heterocycles. The zero-order chi connectivity index (χ0) is 7.84. The van der Waals surface area contributed by atoms with Crippen LogP contribution in [0.5, 0.6) is 0 Å². The molecule has 11 heavy (non-hydrogen) atoms. The Morgan fingerprint density at radius 3 is 3.18 bits per heavy atom. The quantitative estimate of drug-likeness (QED) is 0.658. The molecule has 0 aromatic carbocycles. The molecule has 0 bridgehead atoms. The van der Waals surface area contributed by atoms with E-state index in [2.05, 4.69) is 30.9 Å². The third-order valence-corrected chi connectivity index (χ3v) is 2.17. The number of aromatic nitrogens is 2. The Morgan fingerprint density at radius 1 is 1.55 bits per heavy atom. The minimum absolute atomic E-state index is 0.137. The summed E-state index contributed by atoms with van der Waals surface area (Å²) in [5, 5.41) is 0. The molecule has 4 nitrogen and oxygen atoms in total. The lowest BCUT2D eigenvalue weighted by Gasteiger charge is -1.98. The maximum atomic E-state index is 5.36. The highest BCUT2D eigenvalue weighted by molar-refractivity contribution is 9.09. The zero-order valence-corrected chi connectivity index (χ0v) is 7.12. The number of aliphatic imine (C=N–C) groups is 1. The molecular weight excluding hydrogens is 208 g/mol. The van der Waals surface area contributed by atoms with Crippen LogP contribution in [-0.2, 0) is 0 Å². The maximum Gasteiger partial charge on any atom is 0.222 e. The molecule has 1 atom stereocenters. The van der Waals surface area contributed by atoms with Crippen LogP contribution in [0.15, 0.2) is 11.2 Å². The summed E-state index contributed by atoms with van der Waals surface area (Å²) in [6.07, 6.45) is 3.45. The fraction of sp³-hybridized carbons (Fsp3) is 0.167. The van der Waals surface area contributed by atoms with Gasteiger partial charge in [-0.2, -0.15) is 4.98 Å². The first-order valence-corrected chi connectivity index (χ1v) is 3.99. The molecule has 0 saturated heterocycles. The normalized spacial score (nSPS) is 20.3. The second-order valence-corrected chi connectivity index (χ2v) is 3.17. The van der Waals surface area contributed by atoms with E-state index in [9.17, 15) is 0 Å². The Bertz CT molecular complexity index is 322. The van der Waals surface area contributed by atoms with Gasteiger partial charge in [-0.1, -0.05) is 15.9 Å². The molecule has 1 aliphatic rings. The van der Waals surface area contributed by atoms with Crippen molar-refractivity contribution >= 4 is 33.9 Å². The largest absolute Gasteiger partial charge is 0.368 e. The van der Waals surface area contributed by atoms with Crippen molar-refractivity contribution < 1.29 is 0 Å². The van der Waals surface area contributed by atoms with E-state index in [4.69, 9.17) is 5.73 Å². The van der Waals surface area contributed by atoms with Crippen LogP contribution in [0.2, 0.25) is 0 Å². The third kappa shape index (κ3) is 1.01. The third-order valence-electron chi connectivity index (χ3n) is 1.44. The van der Waals surface area contributed by atoms with Crippen molar-refractivity contribution in [2.24, 2.45) is 4.99 Å². The highest BCUT2D eigenvalue weighted by Gasteiger charge is 2.17. The van der Waals surface area contributed by atoms with E-state index in [1.54, 1.807) is 12.4 Å². The summed E-state index contributed by atoms with van der Waals surface area (Å²) in [4.78, 5) is 12.0. The lowest BCUT2D eigenvalue weighted by molar-refractivity contribution is 1.14. The van der Waals surface area contributed by atoms with Crippen molar-refractivity contribution in [1.82, 2.24) is 9.97 Å². The molecule has 0 amide bonds. The Balaban J connectivity index is 2.58. The second kappa shape index (κ2) is 2.27. The molecule has 5 heteroatoms. The van der Waals surface area contributed by atoms with Gasteiger partial charge in [-0.3, -0.25) is 0 Å². The van der Waals surface area contributed by atoms with E-state index < -0.39 is 0 Å². The Kier molecular flexibility index (Phi) is 1.38. The molecule has 0 aliphatic carbocycles. The van der Waals surface area contributed by atoms with Crippen LogP contribution in [0.4, 0.5) is 11.8 Å². The van der Waals surface area contributed by atoms with Crippen molar-refractivity contribution in [3.63, 3.8) is 0 Å². The van der Waals surface area contributed by atoms with E-state index in [1.165, 1.54) is 0 Å². The lowest BCUT2D eigenvalue weighted by Crippen LogP contribution is -1.95. The molecule has 0 spiro atoms. The summed E-state index contributed by atoms with van der Waals surface area (Å²) in [7, 11) is 0. The zero-order valence-electron chi connectivity index (χ0n) is 5.53. The van der Waals surface area contributed by atoms with Crippen LogP contribution in [0, 0.1) is 0 Å². The van der Waals surface area contributed by atoms with Gasteiger partial charge >= 0.3 is 0 Å². The van der Waals surface area contributed by atoms with Crippen LogP contribution in [0.3, 0.4) is 0 Å². The predicted molar refractivity (Wildman–Crippen MR) is 46.3 cm³/mol. The van der Waals surface area contributed by atoms with Crippen LogP contribution in [-0.4, -0.2) is 16.2 Å². The van der Waals surface area contributed by atoms with Crippen LogP contribution >= 0.6 is 15.9 Å². The first kappa shape index (κ1) is 6.72. The summed E-state index contributed by atoms with van der Waals surface area (Å²) in [6.45, 7) is 0. The molecule has 1 aromatic heterocycles. The minimum Gasteiger partial charge on any atom is -0.368 e. The van der Waals surface area contributed by atoms with E-state index in [-0.39, 0.29) is 10.8 Å². The van der Waals surface area contributed by atoms with Crippen molar-refractivity contribution in [2.45, 2.75) is 4.83 Å². The summed E-state index contributed by atoms with van der Waals surface area (Å²) < 4.78 is 0. The number of nitrogens with zero attached hydrogens (tertiary/aromatic N) is 3. The van der Waals surface area contributed by atoms with E-state index in [0.717, 1.165) is 5.56 Å². The van der Waals surface area contributed by atoms with Crippen LogP contribution in [0.25, 0.3) is 0 Å². The Labute approximate surface area is 71.7 Å². The van der Waals surface area contributed by atoms with Gasteiger partial charge in [0.2, 0.25) is 5.95 Å². The fourth-order valence-electron chi connectivity index (χ4n) is 0.910. The highest BCUT2D eigenvalue weighted by Crippen LogP contribution is 2.33. The molecule has 0 radical (unpaired) electrons. The van der Waals surface area contributed by atoms with Crippen molar-refractivity contribution in [1.29, 1.82) is 0 Å². The van der Waals surface area contributed by atoms with Crippen molar-refractivity contribution in [3.05, 3.63) is 11.8 Å². The number of hydrogen-bond donors (Lipinski definition) is 1. The lowest BCUT2D eigenvalue weighted by atomic mass is 10.3. The van der Waals surface area contributed by atoms with Crippen LogP contribution in [0.1, 0.15) is 10.4 Å². The molecule has 0 saturated carbocycles. The summed E-state index contributed by atoms with van der Waals surface area (Å²) >= 11 is 3.39. The first-order valence-electron chi connectivity index (χ1n) is 3.08. The first-order chi connectivity index (χ1) is 5.27. The smallest absolute Gasteiger partial charge is 0.222 e. The van der Waals surface area contributed by atoms with Gasteiger partial charge in [-0.05, 0) is 0 Å². The van der Waals surface area contributed by atoms with Gasteiger partial charge in [0.05, 0.1) is 4.83 Å². The average Bonchev–Trinajstić information content (AvgIpc) is 2.32. The van der Waals surface area contributed by atoms with E-state index >= 15 is 0 Å². The van der Waals surface area contributed by atoms with E-state index in [0.29, 0.717) is 5.82 Å².